The molecule has 4 fully saturated rings. The van der Waals surface area contributed by atoms with Gasteiger partial charge in [0.1, 0.15) is 12.7 Å². The van der Waals surface area contributed by atoms with Crippen molar-refractivity contribution in [2.45, 2.75) is 231 Å². The number of hydrogen-bond donors (Lipinski definition) is 0. The minimum Gasteiger partial charge on any atom is -0.463 e. The van der Waals surface area contributed by atoms with Crippen molar-refractivity contribution in [2.75, 3.05) is 33.4 Å². The highest BCUT2D eigenvalue weighted by Crippen LogP contribution is 2.46. The van der Waals surface area contributed by atoms with Crippen LogP contribution in [0.15, 0.2) is 0 Å². The van der Waals surface area contributed by atoms with E-state index in [1.807, 2.05) is 7.05 Å². The second-order valence-corrected chi connectivity index (χ2v) is 19.0. The third-order valence-electron chi connectivity index (χ3n) is 13.8. The summed E-state index contributed by atoms with van der Waals surface area (Å²) in [5.74, 6) is 2.96. The topological polar surface area (TPSA) is 91.4 Å². The van der Waals surface area contributed by atoms with Gasteiger partial charge in [-0.15, -0.1) is 0 Å². The largest absolute Gasteiger partial charge is 0.463 e. The summed E-state index contributed by atoms with van der Waals surface area (Å²) in [6.45, 7) is 6.25. The molecule has 57 heavy (non-hydrogen) atoms. The van der Waals surface area contributed by atoms with Gasteiger partial charge in [-0.05, 0) is 69.4 Å². The van der Waals surface area contributed by atoms with Gasteiger partial charge in [0.15, 0.2) is 12.2 Å². The maximum absolute atomic E-state index is 13.1. The van der Waals surface area contributed by atoms with Crippen molar-refractivity contribution in [1.82, 2.24) is 4.90 Å². The maximum Gasteiger partial charge on any atom is 0.310 e. The summed E-state index contributed by atoms with van der Waals surface area (Å²) in [4.78, 5) is 40.9. The monoisotopic (exact) mass is 802 g/mol. The Hall–Kier alpha value is -1.67. The molecule has 2 heterocycles. The second kappa shape index (κ2) is 28.7. The molecule has 0 radical (unpaired) electrons. The number of esters is 3. The zero-order chi connectivity index (χ0) is 40.5. The van der Waals surface area contributed by atoms with Crippen molar-refractivity contribution < 1.29 is 33.3 Å². The Labute approximate surface area is 349 Å². The molecule has 0 aromatic heterocycles. The third kappa shape index (κ3) is 20.4. The van der Waals surface area contributed by atoms with Crippen LogP contribution in [0.5, 0.6) is 0 Å². The first-order valence-electron chi connectivity index (χ1n) is 24.7. The minimum atomic E-state index is -0.768. The van der Waals surface area contributed by atoms with Crippen LogP contribution in [0.1, 0.15) is 213 Å². The molecule has 8 nitrogen and oxygen atoms in total. The number of ether oxygens (including phenoxy) is 4. The fraction of sp³-hybridized carbons (Fsp3) is 0.939. The van der Waals surface area contributed by atoms with Crippen LogP contribution in [0.25, 0.3) is 0 Å². The highest BCUT2D eigenvalue weighted by molar-refractivity contribution is 5.73. The predicted molar refractivity (Wildman–Crippen MR) is 230 cm³/mol. The van der Waals surface area contributed by atoms with Crippen molar-refractivity contribution in [3.8, 4) is 0 Å². The number of nitrogens with zero attached hydrogens (tertiary/aromatic N) is 1. The molecule has 2 aliphatic carbocycles. The first kappa shape index (κ1) is 48.0. The van der Waals surface area contributed by atoms with Crippen molar-refractivity contribution in [2.24, 2.45) is 29.6 Å². The van der Waals surface area contributed by atoms with Gasteiger partial charge in [0.05, 0.1) is 12.5 Å². The van der Waals surface area contributed by atoms with E-state index in [2.05, 4.69) is 18.7 Å². The van der Waals surface area contributed by atoms with E-state index < -0.39 is 18.3 Å². The molecule has 0 aromatic carbocycles. The van der Waals surface area contributed by atoms with Crippen LogP contribution in [0.4, 0.5) is 0 Å². The molecule has 4 rings (SSSR count). The standard InChI is InChI=1S/C49H87NO7/c1-4-6-8-10-14-20-26-39-34-41(39)28-22-16-12-18-24-30-46(51)56-45-38-54-44(37-55-49(53)43-32-33-50(3)36-43)48(45)57-47(52)31-25-19-13-17-23-29-42-35-40(42)27-21-15-11-9-7-5-2/h39-45,48H,4-38H2,1-3H3/t39?,40?,41?,42?,43?,44-,45+,48+/m1/s1. The summed E-state index contributed by atoms with van der Waals surface area (Å²) in [6.07, 6.45) is 35.6. The fourth-order valence-corrected chi connectivity index (χ4v) is 9.71. The summed E-state index contributed by atoms with van der Waals surface area (Å²) < 4.78 is 23.5. The third-order valence-corrected chi connectivity index (χ3v) is 13.8. The molecule has 0 spiro atoms. The summed E-state index contributed by atoms with van der Waals surface area (Å²) in [5.41, 5.74) is 0. The van der Waals surface area contributed by atoms with Gasteiger partial charge in [-0.3, -0.25) is 14.4 Å². The molecule has 2 aliphatic heterocycles. The molecule has 0 N–H and O–H groups in total. The Bertz CT molecular complexity index is 1100. The zero-order valence-corrected chi connectivity index (χ0v) is 37.2. The second-order valence-electron chi connectivity index (χ2n) is 19.0. The SMILES string of the molecule is CCCCCCCCC1CC1CCCCCCCC(=O)O[C@@H]1[C@@H](OC(=O)CCCCCCCC2CC2CCCCCCCC)CO[C@@H]1COC(=O)C1CCN(C)C1. The number of likely N-dealkylation sites (tertiary alicyclic amines) is 1. The van der Waals surface area contributed by atoms with Gasteiger partial charge in [0.2, 0.25) is 0 Å². The number of rotatable bonds is 35. The van der Waals surface area contributed by atoms with E-state index in [0.717, 1.165) is 75.2 Å². The van der Waals surface area contributed by atoms with Gasteiger partial charge >= 0.3 is 17.9 Å². The molecule has 2 saturated heterocycles. The first-order valence-corrected chi connectivity index (χ1v) is 24.7. The minimum absolute atomic E-state index is 0.00743. The van der Waals surface area contributed by atoms with Crippen LogP contribution >= 0.6 is 0 Å². The number of carbonyl (C=O) groups is 3. The van der Waals surface area contributed by atoms with E-state index >= 15 is 0 Å². The van der Waals surface area contributed by atoms with E-state index in [-0.39, 0.29) is 37.0 Å². The molecule has 2 saturated carbocycles. The Morgan fingerprint density at radius 2 is 1.02 bits per heavy atom. The Morgan fingerprint density at radius 1 is 0.579 bits per heavy atom. The Morgan fingerprint density at radius 3 is 1.47 bits per heavy atom. The summed E-state index contributed by atoms with van der Waals surface area (Å²) >= 11 is 0. The molecule has 0 bridgehead atoms. The lowest BCUT2D eigenvalue weighted by atomic mass is 10.0. The summed E-state index contributed by atoms with van der Waals surface area (Å²) in [6, 6.07) is 0. The van der Waals surface area contributed by atoms with Crippen LogP contribution in [-0.2, 0) is 33.3 Å². The normalized spacial score (nSPS) is 26.8. The summed E-state index contributed by atoms with van der Waals surface area (Å²) in [7, 11) is 2.00. The highest BCUT2D eigenvalue weighted by atomic mass is 16.6. The van der Waals surface area contributed by atoms with Crippen molar-refractivity contribution >= 4 is 17.9 Å². The Balaban J connectivity index is 1.06. The quantitative estimate of drug-likeness (QED) is 0.0355. The number of carbonyl (C=O) groups excluding carboxylic acids is 3. The van der Waals surface area contributed by atoms with E-state index in [4.69, 9.17) is 18.9 Å². The van der Waals surface area contributed by atoms with Gasteiger partial charge in [0, 0.05) is 19.4 Å². The van der Waals surface area contributed by atoms with Gasteiger partial charge in [-0.1, -0.05) is 168 Å². The highest BCUT2D eigenvalue weighted by Gasteiger charge is 2.44. The molecule has 4 aliphatic rings. The van der Waals surface area contributed by atoms with Crippen molar-refractivity contribution in [1.29, 1.82) is 0 Å². The zero-order valence-electron chi connectivity index (χ0n) is 37.2. The van der Waals surface area contributed by atoms with E-state index in [0.29, 0.717) is 19.4 Å². The maximum atomic E-state index is 13.1. The molecule has 330 valence electrons. The molecule has 5 unspecified atom stereocenters. The van der Waals surface area contributed by atoms with Crippen LogP contribution in [0, 0.1) is 29.6 Å². The molecular weight excluding hydrogens is 715 g/mol. The average Bonchev–Trinajstić information content (AvgIpc) is 4.05. The van der Waals surface area contributed by atoms with Crippen LogP contribution in [0.2, 0.25) is 0 Å². The van der Waals surface area contributed by atoms with Gasteiger partial charge in [0.25, 0.3) is 0 Å². The predicted octanol–water partition coefficient (Wildman–Crippen LogP) is 11.9. The van der Waals surface area contributed by atoms with Crippen molar-refractivity contribution in [3.63, 3.8) is 0 Å². The lowest BCUT2D eigenvalue weighted by Gasteiger charge is -2.23. The molecule has 0 aromatic rings. The van der Waals surface area contributed by atoms with Gasteiger partial charge in [-0.25, -0.2) is 0 Å². The lowest BCUT2D eigenvalue weighted by molar-refractivity contribution is -0.168. The average molecular weight is 802 g/mol. The number of hydrogen-bond acceptors (Lipinski definition) is 8. The van der Waals surface area contributed by atoms with Crippen LogP contribution in [0.3, 0.4) is 0 Å². The Kier molecular flexibility index (Phi) is 24.2. The first-order chi connectivity index (χ1) is 27.9. The van der Waals surface area contributed by atoms with E-state index in [9.17, 15) is 14.4 Å². The van der Waals surface area contributed by atoms with Gasteiger partial charge in [-0.2, -0.15) is 0 Å². The molecule has 8 heteroatoms. The molecule has 0 amide bonds. The van der Waals surface area contributed by atoms with Crippen molar-refractivity contribution in [3.05, 3.63) is 0 Å². The van der Waals surface area contributed by atoms with Crippen LogP contribution < -0.4 is 0 Å². The molecular formula is C49H87NO7. The van der Waals surface area contributed by atoms with Gasteiger partial charge < -0.3 is 23.8 Å². The van der Waals surface area contributed by atoms with E-state index in [1.165, 1.54) is 141 Å². The fourth-order valence-electron chi connectivity index (χ4n) is 9.71. The number of unbranched alkanes of at least 4 members (excludes halogenated alkanes) is 18. The smallest absolute Gasteiger partial charge is 0.310 e. The van der Waals surface area contributed by atoms with E-state index in [1.54, 1.807) is 0 Å². The lowest BCUT2D eigenvalue weighted by Crippen LogP contribution is -2.40. The summed E-state index contributed by atoms with van der Waals surface area (Å²) in [5, 5.41) is 0. The molecule has 8 atom stereocenters. The van der Waals surface area contributed by atoms with Crippen LogP contribution in [-0.4, -0.2) is 74.5 Å².